The fourth-order valence-corrected chi connectivity index (χ4v) is 3.83. The van der Waals surface area contributed by atoms with Crippen molar-refractivity contribution in [3.8, 4) is 0 Å². The molecule has 4 rings (SSSR count). The van der Waals surface area contributed by atoms with Gasteiger partial charge in [-0.05, 0) is 48.0 Å². The Morgan fingerprint density at radius 3 is 2.73 bits per heavy atom. The van der Waals surface area contributed by atoms with E-state index in [1.54, 1.807) is 48.7 Å². The summed E-state index contributed by atoms with van der Waals surface area (Å²) < 4.78 is 18.8. The summed E-state index contributed by atoms with van der Waals surface area (Å²) in [5, 5.41) is 3.53. The fraction of sp³-hybridized carbons (Fsp3) is 0.174. The topological polar surface area (TPSA) is 68.0 Å². The van der Waals surface area contributed by atoms with Crippen molar-refractivity contribution < 1.29 is 13.6 Å². The van der Waals surface area contributed by atoms with Crippen LogP contribution in [0.25, 0.3) is 11.1 Å². The molecule has 7 heteroatoms. The zero-order chi connectivity index (χ0) is 21.1. The second-order valence-electron chi connectivity index (χ2n) is 7.11. The monoisotopic (exact) mass is 421 g/mol. The van der Waals surface area contributed by atoms with Crippen LogP contribution in [-0.4, -0.2) is 15.9 Å². The Balaban J connectivity index is 1.50. The Morgan fingerprint density at radius 2 is 1.97 bits per heavy atom. The molecule has 0 saturated carbocycles. The number of aromatic nitrogens is 2. The fourth-order valence-electron chi connectivity index (χ4n) is 2.88. The number of fused-ring (bicyclic) bond motifs is 1. The van der Waals surface area contributed by atoms with Crippen molar-refractivity contribution >= 4 is 34.5 Å². The van der Waals surface area contributed by atoms with Crippen LogP contribution in [0.15, 0.2) is 70.2 Å². The third-order valence-corrected chi connectivity index (χ3v) is 5.54. The van der Waals surface area contributed by atoms with E-state index in [-0.39, 0.29) is 17.6 Å². The molecular weight excluding hydrogens is 401 g/mol. The van der Waals surface area contributed by atoms with Crippen LogP contribution in [0.3, 0.4) is 0 Å². The van der Waals surface area contributed by atoms with Gasteiger partial charge in [0.2, 0.25) is 0 Å². The van der Waals surface area contributed by atoms with Gasteiger partial charge < -0.3 is 9.73 Å². The van der Waals surface area contributed by atoms with Gasteiger partial charge >= 0.3 is 0 Å². The van der Waals surface area contributed by atoms with Gasteiger partial charge in [-0.2, -0.15) is 0 Å². The van der Waals surface area contributed by atoms with E-state index < -0.39 is 0 Å². The van der Waals surface area contributed by atoms with Gasteiger partial charge in [0.1, 0.15) is 16.4 Å². The Bertz CT molecular complexity index is 1190. The minimum Gasteiger partial charge on any atom is -0.440 e. The first kappa shape index (κ1) is 20.1. The second-order valence-corrected chi connectivity index (χ2v) is 8.08. The van der Waals surface area contributed by atoms with Crippen molar-refractivity contribution in [2.24, 2.45) is 0 Å². The van der Waals surface area contributed by atoms with Crippen LogP contribution in [0.5, 0.6) is 0 Å². The number of carbonyl (C=O) groups is 1. The number of hydrogen-bond acceptors (Lipinski definition) is 5. The van der Waals surface area contributed by atoms with Gasteiger partial charge in [-0.3, -0.25) is 4.79 Å². The van der Waals surface area contributed by atoms with Crippen molar-refractivity contribution in [1.82, 2.24) is 9.97 Å². The maximum atomic E-state index is 13.1. The molecule has 30 heavy (non-hydrogen) atoms. The van der Waals surface area contributed by atoms with Crippen LogP contribution < -0.4 is 5.32 Å². The van der Waals surface area contributed by atoms with Crippen LogP contribution in [0.2, 0.25) is 0 Å². The van der Waals surface area contributed by atoms with Gasteiger partial charge in [-0.1, -0.05) is 26.0 Å². The molecule has 0 fully saturated rings. The van der Waals surface area contributed by atoms with E-state index in [0.717, 1.165) is 5.56 Å². The zero-order valence-corrected chi connectivity index (χ0v) is 17.4. The summed E-state index contributed by atoms with van der Waals surface area (Å²) in [4.78, 5) is 21.7. The number of carbonyl (C=O) groups excluding carboxylic acids is 1. The predicted molar refractivity (Wildman–Crippen MR) is 116 cm³/mol. The first-order valence-corrected chi connectivity index (χ1v) is 10.5. The molecule has 0 atom stereocenters. The molecule has 0 radical (unpaired) electrons. The number of amides is 1. The SMILES string of the molecule is CC(C)c1nc2cc(NC(=O)c3cccnc3SCc3ccc(F)cc3)ccc2o1. The van der Waals surface area contributed by atoms with Gasteiger partial charge in [0.25, 0.3) is 5.91 Å². The minimum atomic E-state index is -0.272. The number of pyridine rings is 1. The largest absolute Gasteiger partial charge is 0.440 e. The van der Waals surface area contributed by atoms with Crippen LogP contribution in [0.4, 0.5) is 10.1 Å². The quantitative estimate of drug-likeness (QED) is 0.385. The van der Waals surface area contributed by atoms with Crippen molar-refractivity contribution in [3.63, 3.8) is 0 Å². The first-order valence-electron chi connectivity index (χ1n) is 9.53. The van der Waals surface area contributed by atoms with Gasteiger partial charge in [-0.25, -0.2) is 14.4 Å². The zero-order valence-electron chi connectivity index (χ0n) is 16.6. The molecule has 2 aromatic carbocycles. The standard InChI is InChI=1S/C23H20FN3O2S/c1-14(2)22-27-19-12-17(9-10-20(19)29-22)26-21(28)18-4-3-11-25-23(18)30-13-15-5-7-16(24)8-6-15/h3-12,14H,13H2,1-2H3,(H,26,28). The molecule has 1 N–H and O–H groups in total. The molecule has 0 aliphatic rings. The summed E-state index contributed by atoms with van der Waals surface area (Å²) in [7, 11) is 0. The van der Waals surface area contributed by atoms with Crippen LogP contribution >= 0.6 is 11.8 Å². The minimum absolute atomic E-state index is 0.187. The highest BCUT2D eigenvalue weighted by Crippen LogP contribution is 2.27. The average molecular weight is 421 g/mol. The van der Waals surface area contributed by atoms with Crippen molar-refractivity contribution in [3.05, 3.63) is 83.6 Å². The van der Waals surface area contributed by atoms with E-state index >= 15 is 0 Å². The lowest BCUT2D eigenvalue weighted by Gasteiger charge is -2.09. The third kappa shape index (κ3) is 4.52. The van der Waals surface area contributed by atoms with Crippen molar-refractivity contribution in [1.29, 1.82) is 0 Å². The molecule has 0 bridgehead atoms. The van der Waals surface area contributed by atoms with Gasteiger partial charge in [0.05, 0.1) is 5.56 Å². The molecule has 0 unspecified atom stereocenters. The van der Waals surface area contributed by atoms with Gasteiger partial charge in [0.15, 0.2) is 11.5 Å². The summed E-state index contributed by atoms with van der Waals surface area (Å²) in [5.41, 5.74) is 3.46. The van der Waals surface area contributed by atoms with Crippen LogP contribution in [-0.2, 0) is 5.75 Å². The lowest BCUT2D eigenvalue weighted by atomic mass is 10.2. The second kappa shape index (κ2) is 8.67. The summed E-state index contributed by atoms with van der Waals surface area (Å²) >= 11 is 1.43. The molecule has 4 aromatic rings. The maximum Gasteiger partial charge on any atom is 0.258 e. The predicted octanol–water partition coefficient (Wildman–Crippen LogP) is 6.03. The molecule has 152 valence electrons. The van der Waals surface area contributed by atoms with E-state index in [9.17, 15) is 9.18 Å². The highest BCUT2D eigenvalue weighted by Gasteiger charge is 2.15. The van der Waals surface area contributed by atoms with Gasteiger partial charge in [-0.15, -0.1) is 11.8 Å². The summed E-state index contributed by atoms with van der Waals surface area (Å²) in [6, 6.07) is 15.2. The lowest BCUT2D eigenvalue weighted by molar-refractivity contribution is 0.102. The number of thioether (sulfide) groups is 1. The lowest BCUT2D eigenvalue weighted by Crippen LogP contribution is -2.13. The Labute approximate surface area is 177 Å². The highest BCUT2D eigenvalue weighted by molar-refractivity contribution is 7.98. The molecule has 5 nitrogen and oxygen atoms in total. The molecule has 0 saturated heterocycles. The van der Waals surface area contributed by atoms with E-state index in [0.29, 0.717) is 39.0 Å². The molecule has 0 spiro atoms. The van der Waals surface area contributed by atoms with Gasteiger partial charge in [0, 0.05) is 23.6 Å². The van der Waals surface area contributed by atoms with Crippen molar-refractivity contribution in [2.75, 3.05) is 5.32 Å². The Kier molecular flexibility index (Phi) is 5.81. The van der Waals surface area contributed by atoms with E-state index in [1.807, 2.05) is 13.8 Å². The Morgan fingerprint density at radius 1 is 1.17 bits per heavy atom. The third-order valence-electron chi connectivity index (χ3n) is 4.46. The smallest absolute Gasteiger partial charge is 0.258 e. The van der Waals surface area contributed by atoms with Crippen LogP contribution in [0, 0.1) is 5.82 Å². The number of nitrogens with zero attached hydrogens (tertiary/aromatic N) is 2. The molecule has 1 amide bonds. The molecule has 0 aliphatic heterocycles. The molecule has 2 heterocycles. The maximum absolute atomic E-state index is 13.1. The van der Waals surface area contributed by atoms with Crippen molar-refractivity contribution in [2.45, 2.75) is 30.5 Å². The number of rotatable bonds is 6. The number of halogens is 1. The molecule has 0 aliphatic carbocycles. The number of anilines is 1. The number of nitrogens with one attached hydrogen (secondary N) is 1. The molecule has 2 aromatic heterocycles. The normalized spacial score (nSPS) is 11.2. The van der Waals surface area contributed by atoms with E-state index in [2.05, 4.69) is 15.3 Å². The number of hydrogen-bond donors (Lipinski definition) is 1. The highest BCUT2D eigenvalue weighted by atomic mass is 32.2. The van der Waals surface area contributed by atoms with E-state index in [4.69, 9.17) is 4.42 Å². The molecular formula is C23H20FN3O2S. The van der Waals surface area contributed by atoms with E-state index in [1.165, 1.54) is 23.9 Å². The summed E-state index contributed by atoms with van der Waals surface area (Å²) in [6.07, 6.45) is 1.65. The summed E-state index contributed by atoms with van der Waals surface area (Å²) in [5.74, 6) is 0.912. The Hall–Kier alpha value is -3.19. The number of oxazole rings is 1. The van der Waals surface area contributed by atoms with Crippen LogP contribution in [0.1, 0.15) is 41.6 Å². The number of benzene rings is 2. The first-order chi connectivity index (χ1) is 14.5. The average Bonchev–Trinajstić information content (AvgIpc) is 3.17. The summed E-state index contributed by atoms with van der Waals surface area (Å²) in [6.45, 7) is 4.03.